The molecule has 3 nitrogen and oxygen atoms in total. The first kappa shape index (κ1) is 10.5. The Morgan fingerprint density at radius 2 is 2.31 bits per heavy atom. The van der Waals surface area contributed by atoms with Crippen molar-refractivity contribution in [3.05, 3.63) is 0 Å². The van der Waals surface area contributed by atoms with Crippen LogP contribution in [0.3, 0.4) is 0 Å². The molecule has 0 radical (unpaired) electrons. The fraction of sp³-hybridized carbons (Fsp3) is 0.900. The Morgan fingerprint density at radius 1 is 1.62 bits per heavy atom. The van der Waals surface area contributed by atoms with Gasteiger partial charge in [-0.05, 0) is 38.5 Å². The van der Waals surface area contributed by atoms with Gasteiger partial charge in [0.2, 0.25) is 0 Å². The van der Waals surface area contributed by atoms with Crippen molar-refractivity contribution in [2.45, 2.75) is 45.1 Å². The van der Waals surface area contributed by atoms with Crippen molar-refractivity contribution in [1.29, 1.82) is 0 Å². The predicted molar refractivity (Wildman–Crippen MR) is 51.2 cm³/mol. The lowest BCUT2D eigenvalue weighted by Crippen LogP contribution is -2.15. The lowest BCUT2D eigenvalue weighted by Gasteiger charge is -2.05. The number of hydrogen-bond acceptors (Lipinski definition) is 3. The van der Waals surface area contributed by atoms with Crippen LogP contribution in [-0.2, 0) is 9.53 Å². The Bertz CT molecular complexity index is 164. The van der Waals surface area contributed by atoms with Gasteiger partial charge < -0.3 is 10.5 Å². The number of hydrogen-bond donors (Lipinski definition) is 1. The summed E-state index contributed by atoms with van der Waals surface area (Å²) in [5.41, 5.74) is 5.56. The topological polar surface area (TPSA) is 52.3 Å². The second-order valence-electron chi connectivity index (χ2n) is 4.00. The molecule has 0 aromatic heterocycles. The first-order valence-electron chi connectivity index (χ1n) is 5.09. The van der Waals surface area contributed by atoms with Crippen molar-refractivity contribution in [1.82, 2.24) is 0 Å². The van der Waals surface area contributed by atoms with Gasteiger partial charge in [0, 0.05) is 12.5 Å². The molecule has 0 saturated heterocycles. The summed E-state index contributed by atoms with van der Waals surface area (Å²) >= 11 is 0. The van der Waals surface area contributed by atoms with E-state index in [0.717, 1.165) is 12.8 Å². The fourth-order valence-electron chi connectivity index (χ4n) is 1.14. The summed E-state index contributed by atoms with van der Waals surface area (Å²) < 4.78 is 5.07. The van der Waals surface area contributed by atoms with E-state index in [1.165, 1.54) is 12.8 Å². The minimum Gasteiger partial charge on any atom is -0.465 e. The van der Waals surface area contributed by atoms with E-state index in [4.69, 9.17) is 10.5 Å². The molecule has 1 unspecified atom stereocenters. The summed E-state index contributed by atoms with van der Waals surface area (Å²) in [4.78, 5) is 11.1. The summed E-state index contributed by atoms with van der Waals surface area (Å²) in [6.07, 6.45) is 4.73. The summed E-state index contributed by atoms with van der Waals surface area (Å²) in [7, 11) is 0. The Labute approximate surface area is 79.6 Å². The standard InChI is InChI=1S/C10H19NO2/c1-8(11)3-2-4-10(12)13-7-9-5-6-9/h8-9H,2-7,11H2,1H3. The molecule has 1 rings (SSSR count). The van der Waals surface area contributed by atoms with Crippen molar-refractivity contribution < 1.29 is 9.53 Å². The fourth-order valence-corrected chi connectivity index (χ4v) is 1.14. The van der Waals surface area contributed by atoms with E-state index in [-0.39, 0.29) is 12.0 Å². The highest BCUT2D eigenvalue weighted by Gasteiger charge is 2.22. The normalized spacial score (nSPS) is 18.3. The molecule has 0 heterocycles. The lowest BCUT2D eigenvalue weighted by atomic mass is 10.1. The highest BCUT2D eigenvalue weighted by atomic mass is 16.5. The molecule has 1 saturated carbocycles. The van der Waals surface area contributed by atoms with Gasteiger partial charge in [0.05, 0.1) is 6.61 Å². The van der Waals surface area contributed by atoms with Crippen molar-refractivity contribution in [3.63, 3.8) is 0 Å². The Kier molecular flexibility index (Phi) is 4.22. The van der Waals surface area contributed by atoms with Gasteiger partial charge in [0.1, 0.15) is 0 Å². The van der Waals surface area contributed by atoms with Crippen molar-refractivity contribution in [3.8, 4) is 0 Å². The first-order chi connectivity index (χ1) is 6.18. The molecule has 0 spiro atoms. The van der Waals surface area contributed by atoms with E-state index in [2.05, 4.69) is 0 Å². The molecule has 1 fully saturated rings. The summed E-state index contributed by atoms with van der Waals surface area (Å²) in [5.74, 6) is 0.602. The van der Waals surface area contributed by atoms with Gasteiger partial charge in [-0.2, -0.15) is 0 Å². The van der Waals surface area contributed by atoms with Crippen LogP contribution in [0.15, 0.2) is 0 Å². The van der Waals surface area contributed by atoms with E-state index < -0.39 is 0 Å². The average molecular weight is 185 g/mol. The molecule has 0 aromatic carbocycles. The molecular formula is C10H19NO2. The maximum Gasteiger partial charge on any atom is 0.305 e. The molecule has 0 amide bonds. The molecule has 1 aliphatic carbocycles. The van der Waals surface area contributed by atoms with Crippen LogP contribution >= 0.6 is 0 Å². The second kappa shape index (κ2) is 5.22. The van der Waals surface area contributed by atoms with Crippen LogP contribution in [0.5, 0.6) is 0 Å². The first-order valence-corrected chi connectivity index (χ1v) is 5.09. The van der Waals surface area contributed by atoms with Gasteiger partial charge in [-0.1, -0.05) is 0 Å². The Morgan fingerprint density at radius 3 is 2.85 bits per heavy atom. The highest BCUT2D eigenvalue weighted by Crippen LogP contribution is 2.28. The van der Waals surface area contributed by atoms with Crippen molar-refractivity contribution in [2.75, 3.05) is 6.61 Å². The van der Waals surface area contributed by atoms with Gasteiger partial charge in [-0.25, -0.2) is 0 Å². The molecule has 0 aromatic rings. The Balaban J connectivity index is 1.90. The smallest absolute Gasteiger partial charge is 0.305 e. The van der Waals surface area contributed by atoms with E-state index in [9.17, 15) is 4.79 Å². The monoisotopic (exact) mass is 185 g/mol. The van der Waals surface area contributed by atoms with Gasteiger partial charge in [-0.3, -0.25) is 4.79 Å². The van der Waals surface area contributed by atoms with Crippen LogP contribution in [0.25, 0.3) is 0 Å². The zero-order chi connectivity index (χ0) is 9.68. The highest BCUT2D eigenvalue weighted by molar-refractivity contribution is 5.69. The maximum absolute atomic E-state index is 11.1. The third kappa shape index (κ3) is 5.64. The largest absolute Gasteiger partial charge is 0.465 e. The van der Waals surface area contributed by atoms with E-state index in [1.807, 2.05) is 6.92 Å². The predicted octanol–water partition coefficient (Wildman–Crippen LogP) is 1.46. The number of carbonyl (C=O) groups is 1. The summed E-state index contributed by atoms with van der Waals surface area (Å²) in [6, 6.07) is 0.191. The van der Waals surface area contributed by atoms with Gasteiger partial charge in [-0.15, -0.1) is 0 Å². The van der Waals surface area contributed by atoms with Crippen LogP contribution in [0.4, 0.5) is 0 Å². The van der Waals surface area contributed by atoms with Crippen molar-refractivity contribution >= 4 is 5.97 Å². The molecule has 0 aliphatic heterocycles. The summed E-state index contributed by atoms with van der Waals surface area (Å²) in [6.45, 7) is 2.59. The number of carbonyl (C=O) groups excluding carboxylic acids is 1. The lowest BCUT2D eigenvalue weighted by molar-refractivity contribution is -0.144. The number of ether oxygens (including phenoxy) is 1. The third-order valence-electron chi connectivity index (χ3n) is 2.22. The van der Waals surface area contributed by atoms with E-state index >= 15 is 0 Å². The minimum atomic E-state index is -0.0625. The zero-order valence-corrected chi connectivity index (χ0v) is 8.29. The van der Waals surface area contributed by atoms with E-state index in [0.29, 0.717) is 18.9 Å². The summed E-state index contributed by atoms with van der Waals surface area (Å²) in [5, 5.41) is 0. The van der Waals surface area contributed by atoms with Crippen LogP contribution in [0, 0.1) is 5.92 Å². The SMILES string of the molecule is CC(N)CCCC(=O)OCC1CC1. The van der Waals surface area contributed by atoms with Crippen LogP contribution < -0.4 is 5.73 Å². The van der Waals surface area contributed by atoms with E-state index in [1.54, 1.807) is 0 Å². The van der Waals surface area contributed by atoms with Crippen molar-refractivity contribution in [2.24, 2.45) is 11.7 Å². The number of esters is 1. The molecule has 1 aliphatic rings. The number of rotatable bonds is 6. The zero-order valence-electron chi connectivity index (χ0n) is 8.29. The average Bonchev–Trinajstić information content (AvgIpc) is 2.83. The number of nitrogens with two attached hydrogens (primary N) is 1. The Hall–Kier alpha value is -0.570. The quantitative estimate of drug-likeness (QED) is 0.637. The molecule has 2 N–H and O–H groups in total. The minimum absolute atomic E-state index is 0.0625. The third-order valence-corrected chi connectivity index (χ3v) is 2.22. The second-order valence-corrected chi connectivity index (χ2v) is 4.00. The molecule has 3 heteroatoms. The molecule has 0 bridgehead atoms. The molecule has 76 valence electrons. The van der Waals surface area contributed by atoms with Gasteiger partial charge in [0.15, 0.2) is 0 Å². The van der Waals surface area contributed by atoms with Gasteiger partial charge >= 0.3 is 5.97 Å². The van der Waals surface area contributed by atoms with Crippen LogP contribution in [-0.4, -0.2) is 18.6 Å². The maximum atomic E-state index is 11.1. The van der Waals surface area contributed by atoms with Gasteiger partial charge in [0.25, 0.3) is 0 Å². The van der Waals surface area contributed by atoms with Crippen LogP contribution in [0.1, 0.15) is 39.0 Å². The molecule has 1 atom stereocenters. The molecular weight excluding hydrogens is 166 g/mol. The van der Waals surface area contributed by atoms with Crippen LogP contribution in [0.2, 0.25) is 0 Å². The molecule has 13 heavy (non-hydrogen) atoms.